The zero-order valence-electron chi connectivity index (χ0n) is 18.4. The minimum Gasteiger partial charge on any atom is -0.482 e. The minimum absolute atomic E-state index is 0.0278. The van der Waals surface area contributed by atoms with Crippen molar-refractivity contribution in [2.75, 3.05) is 6.61 Å². The highest BCUT2D eigenvalue weighted by molar-refractivity contribution is 9.10. The molecule has 7 heteroatoms. The monoisotopic (exact) mass is 526 g/mol. The summed E-state index contributed by atoms with van der Waals surface area (Å²) in [6.07, 6.45) is 0. The number of ether oxygens (including phenoxy) is 3. The molecule has 0 saturated carbocycles. The second kappa shape index (κ2) is 9.53. The Morgan fingerprint density at radius 1 is 0.971 bits per heavy atom. The van der Waals surface area contributed by atoms with Gasteiger partial charge < -0.3 is 19.9 Å². The van der Waals surface area contributed by atoms with Gasteiger partial charge >= 0.3 is 5.97 Å². The molecule has 4 aromatic rings. The lowest BCUT2D eigenvalue weighted by molar-refractivity contribution is -0.136. The van der Waals surface area contributed by atoms with E-state index in [4.69, 9.17) is 19.9 Å². The van der Waals surface area contributed by atoms with Gasteiger partial charge in [0.1, 0.15) is 28.9 Å². The van der Waals surface area contributed by atoms with Crippen LogP contribution in [0.5, 0.6) is 17.2 Å². The third kappa shape index (κ3) is 4.57. The van der Waals surface area contributed by atoms with Crippen molar-refractivity contribution in [2.45, 2.75) is 5.92 Å². The van der Waals surface area contributed by atoms with Crippen LogP contribution in [0.15, 0.2) is 101 Å². The van der Waals surface area contributed by atoms with Gasteiger partial charge in [-0.3, -0.25) is 0 Å². The Bertz CT molecular complexity index is 1500. The summed E-state index contributed by atoms with van der Waals surface area (Å²) >= 11 is 3.35. The fourth-order valence-corrected chi connectivity index (χ4v) is 4.42. The highest BCUT2D eigenvalue weighted by Crippen LogP contribution is 2.45. The highest BCUT2D eigenvalue weighted by Gasteiger charge is 2.32. The first-order valence-corrected chi connectivity index (χ1v) is 11.6. The molecule has 0 amide bonds. The second-order valence-electron chi connectivity index (χ2n) is 7.91. The van der Waals surface area contributed by atoms with Crippen LogP contribution < -0.4 is 19.9 Å². The molecule has 4 aromatic carbocycles. The molecule has 1 aliphatic rings. The van der Waals surface area contributed by atoms with E-state index >= 15 is 0 Å². The number of fused-ring (bicyclic) bond motifs is 2. The average Bonchev–Trinajstić information content (AvgIpc) is 2.87. The molecule has 0 radical (unpaired) electrons. The number of esters is 1. The first-order valence-electron chi connectivity index (χ1n) is 10.8. The number of hydrogen-bond donors (Lipinski definition) is 1. The SMILES string of the molecule is N#CC1=C(N)Oc2cc(OC(=O)COc3ccc(Br)cc3)ccc2C1c1cccc2ccccc12. The third-order valence-corrected chi connectivity index (χ3v) is 6.26. The highest BCUT2D eigenvalue weighted by atomic mass is 79.9. The van der Waals surface area contributed by atoms with Gasteiger partial charge in [0, 0.05) is 16.1 Å². The lowest BCUT2D eigenvalue weighted by Gasteiger charge is -2.27. The van der Waals surface area contributed by atoms with Crippen LogP contribution in [-0.4, -0.2) is 12.6 Å². The Morgan fingerprint density at radius 3 is 2.51 bits per heavy atom. The minimum atomic E-state index is -0.560. The van der Waals surface area contributed by atoms with Gasteiger partial charge in [0.25, 0.3) is 0 Å². The summed E-state index contributed by atoms with van der Waals surface area (Å²) in [7, 11) is 0. The summed E-state index contributed by atoms with van der Waals surface area (Å²) in [5, 5.41) is 12.0. The molecule has 1 aliphatic heterocycles. The average molecular weight is 527 g/mol. The molecule has 2 N–H and O–H groups in total. The molecule has 0 spiro atoms. The lowest BCUT2D eigenvalue weighted by atomic mass is 9.81. The molecule has 0 fully saturated rings. The van der Waals surface area contributed by atoms with Gasteiger partial charge in [-0.1, -0.05) is 64.5 Å². The van der Waals surface area contributed by atoms with Gasteiger partial charge in [-0.15, -0.1) is 0 Å². The van der Waals surface area contributed by atoms with Crippen LogP contribution in [0.25, 0.3) is 10.8 Å². The number of carbonyl (C=O) groups excluding carboxylic acids is 1. The van der Waals surface area contributed by atoms with Crippen molar-refractivity contribution in [3.63, 3.8) is 0 Å². The number of allylic oxidation sites excluding steroid dienone is 1. The van der Waals surface area contributed by atoms with Gasteiger partial charge in [0.05, 0.1) is 5.92 Å². The Hall–Kier alpha value is -4.28. The van der Waals surface area contributed by atoms with Crippen molar-refractivity contribution in [1.29, 1.82) is 5.26 Å². The maximum Gasteiger partial charge on any atom is 0.349 e. The lowest BCUT2D eigenvalue weighted by Crippen LogP contribution is -2.22. The number of benzene rings is 4. The molecular formula is C28H19BrN2O4. The van der Waals surface area contributed by atoms with Gasteiger partial charge in [0.2, 0.25) is 5.88 Å². The van der Waals surface area contributed by atoms with Crippen molar-refractivity contribution in [3.8, 4) is 23.3 Å². The Kier molecular flexibility index (Phi) is 6.13. The van der Waals surface area contributed by atoms with Crippen molar-refractivity contribution in [1.82, 2.24) is 0 Å². The largest absolute Gasteiger partial charge is 0.482 e. The molecule has 172 valence electrons. The second-order valence-corrected chi connectivity index (χ2v) is 8.83. The topological polar surface area (TPSA) is 94.6 Å². The fraction of sp³-hybridized carbons (Fsp3) is 0.0714. The molecule has 0 bridgehead atoms. The summed E-state index contributed by atoms with van der Waals surface area (Å²) in [5.74, 6) is 0.325. The van der Waals surface area contributed by atoms with Crippen LogP contribution in [-0.2, 0) is 4.79 Å². The predicted molar refractivity (Wildman–Crippen MR) is 135 cm³/mol. The molecule has 0 aromatic heterocycles. The first kappa shape index (κ1) is 22.5. The van der Waals surface area contributed by atoms with Gasteiger partial charge in [-0.25, -0.2) is 4.79 Å². The van der Waals surface area contributed by atoms with Crippen LogP contribution in [0.1, 0.15) is 17.0 Å². The maximum absolute atomic E-state index is 12.3. The normalized spacial score (nSPS) is 14.6. The molecule has 0 aliphatic carbocycles. The summed E-state index contributed by atoms with van der Waals surface area (Å²) in [5.41, 5.74) is 8.20. The quantitative estimate of drug-likeness (QED) is 0.260. The number of hydrogen-bond acceptors (Lipinski definition) is 6. The molecular weight excluding hydrogens is 508 g/mol. The van der Waals surface area contributed by atoms with E-state index < -0.39 is 11.9 Å². The number of rotatable bonds is 5. The summed E-state index contributed by atoms with van der Waals surface area (Å²) in [4.78, 5) is 12.3. The Morgan fingerprint density at radius 2 is 1.71 bits per heavy atom. The zero-order chi connectivity index (χ0) is 24.4. The van der Waals surface area contributed by atoms with E-state index in [9.17, 15) is 10.1 Å². The number of halogens is 1. The first-order chi connectivity index (χ1) is 17.0. The smallest absolute Gasteiger partial charge is 0.349 e. The molecule has 0 saturated heterocycles. The van der Waals surface area contributed by atoms with Crippen LogP contribution in [0.3, 0.4) is 0 Å². The zero-order valence-corrected chi connectivity index (χ0v) is 20.0. The van der Waals surface area contributed by atoms with Gasteiger partial charge in [0.15, 0.2) is 6.61 Å². The van der Waals surface area contributed by atoms with Crippen molar-refractivity contribution >= 4 is 32.7 Å². The van der Waals surface area contributed by atoms with Crippen LogP contribution in [0.4, 0.5) is 0 Å². The molecule has 5 rings (SSSR count). The maximum atomic E-state index is 12.3. The van der Waals surface area contributed by atoms with Gasteiger partial charge in [-0.2, -0.15) is 5.26 Å². The van der Waals surface area contributed by atoms with Crippen molar-refractivity contribution in [2.24, 2.45) is 5.73 Å². The number of nitrogens with two attached hydrogens (primary N) is 1. The molecule has 6 nitrogen and oxygen atoms in total. The number of nitriles is 1. The van der Waals surface area contributed by atoms with Crippen LogP contribution in [0.2, 0.25) is 0 Å². The van der Waals surface area contributed by atoms with E-state index in [2.05, 4.69) is 22.0 Å². The molecule has 35 heavy (non-hydrogen) atoms. The van der Waals surface area contributed by atoms with Gasteiger partial charge in [-0.05, 0) is 46.7 Å². The van der Waals surface area contributed by atoms with E-state index in [-0.39, 0.29) is 18.2 Å². The van der Waals surface area contributed by atoms with E-state index in [1.165, 1.54) is 0 Å². The summed E-state index contributed by atoms with van der Waals surface area (Å²) < 4.78 is 17.6. The predicted octanol–water partition coefficient (Wildman–Crippen LogP) is 5.80. The van der Waals surface area contributed by atoms with Crippen LogP contribution >= 0.6 is 15.9 Å². The van der Waals surface area contributed by atoms with Crippen LogP contribution in [0, 0.1) is 11.3 Å². The Balaban J connectivity index is 1.43. The standard InChI is InChI=1S/C28H19BrN2O4/c29-18-8-10-19(11-9-18)33-16-26(32)34-20-12-13-23-25(14-20)35-28(31)24(15-30)27(23)22-7-3-5-17-4-1-2-6-21(17)22/h1-14,27H,16,31H2. The van der Waals surface area contributed by atoms with Crippen molar-refractivity contribution in [3.05, 3.63) is 112 Å². The number of nitrogens with zero attached hydrogens (tertiary/aromatic N) is 1. The van der Waals surface area contributed by atoms with E-state index in [1.807, 2.05) is 54.6 Å². The molecule has 1 atom stereocenters. The summed E-state index contributed by atoms with van der Waals surface area (Å²) in [6, 6.07) is 28.4. The fourth-order valence-electron chi connectivity index (χ4n) is 4.16. The summed E-state index contributed by atoms with van der Waals surface area (Å²) in [6.45, 7) is -0.251. The number of carbonyl (C=O) groups is 1. The third-order valence-electron chi connectivity index (χ3n) is 5.73. The van der Waals surface area contributed by atoms with Crippen molar-refractivity contribution < 1.29 is 19.0 Å². The molecule has 1 unspecified atom stereocenters. The Labute approximate surface area is 210 Å². The van der Waals surface area contributed by atoms with E-state index in [0.29, 0.717) is 17.1 Å². The molecule has 1 heterocycles. The van der Waals surface area contributed by atoms with E-state index in [0.717, 1.165) is 26.4 Å². The van der Waals surface area contributed by atoms with E-state index in [1.54, 1.807) is 30.3 Å².